The van der Waals surface area contributed by atoms with Crippen molar-refractivity contribution in [2.45, 2.75) is 44.6 Å². The van der Waals surface area contributed by atoms with Crippen LogP contribution in [0.25, 0.3) is 0 Å². The molecule has 0 aromatic heterocycles. The Morgan fingerprint density at radius 2 is 2.00 bits per heavy atom. The lowest BCUT2D eigenvalue weighted by Gasteiger charge is -2.36. The number of rotatable bonds is 3. The average Bonchev–Trinajstić information content (AvgIpc) is 2.08. The van der Waals surface area contributed by atoms with Crippen LogP contribution < -0.4 is 0 Å². The minimum atomic E-state index is -0.344. The van der Waals surface area contributed by atoms with Crippen molar-refractivity contribution in [1.29, 1.82) is 0 Å². The van der Waals surface area contributed by atoms with E-state index in [1.165, 1.54) is 6.42 Å². The molecule has 2 nitrogen and oxygen atoms in total. The second kappa shape index (κ2) is 4.55. The van der Waals surface area contributed by atoms with Gasteiger partial charge >= 0.3 is 0 Å². The zero-order chi connectivity index (χ0) is 9.03. The molecule has 1 saturated heterocycles. The van der Waals surface area contributed by atoms with E-state index in [0.29, 0.717) is 0 Å². The standard InChI is InChI=1S/C9H20NOP/c1-2-3-4-9(11)5-7-10(12)8-6-9/h11H,2-8,12H2,1H3. The number of nitrogens with zero attached hydrogens (tertiary/aromatic N) is 1. The first-order valence-corrected chi connectivity index (χ1v) is 5.40. The molecule has 1 atom stereocenters. The van der Waals surface area contributed by atoms with Gasteiger partial charge in [-0.2, -0.15) is 0 Å². The summed E-state index contributed by atoms with van der Waals surface area (Å²) in [7, 11) is 2.70. The summed E-state index contributed by atoms with van der Waals surface area (Å²) in [4.78, 5) is 0. The largest absolute Gasteiger partial charge is 0.390 e. The van der Waals surface area contributed by atoms with Crippen LogP contribution in [0.5, 0.6) is 0 Å². The molecule has 1 aliphatic rings. The van der Waals surface area contributed by atoms with Crippen LogP contribution in [-0.4, -0.2) is 28.5 Å². The van der Waals surface area contributed by atoms with Gasteiger partial charge in [0.15, 0.2) is 0 Å². The Bertz CT molecular complexity index is 127. The van der Waals surface area contributed by atoms with Crippen molar-refractivity contribution >= 4 is 9.39 Å². The summed E-state index contributed by atoms with van der Waals surface area (Å²) in [6, 6.07) is 0. The predicted molar refractivity (Wildman–Crippen MR) is 55.0 cm³/mol. The Hall–Kier alpha value is 0.350. The number of aliphatic hydroxyl groups is 1. The van der Waals surface area contributed by atoms with Gasteiger partial charge in [-0.15, -0.1) is 0 Å². The van der Waals surface area contributed by atoms with E-state index in [4.69, 9.17) is 0 Å². The normalized spacial score (nSPS) is 24.2. The Labute approximate surface area is 77.6 Å². The Kier molecular flexibility index (Phi) is 3.95. The first-order chi connectivity index (χ1) is 5.66. The zero-order valence-electron chi connectivity index (χ0n) is 7.92. The number of piperidine rings is 1. The molecule has 1 unspecified atom stereocenters. The van der Waals surface area contributed by atoms with Crippen LogP contribution in [0, 0.1) is 0 Å². The van der Waals surface area contributed by atoms with E-state index in [2.05, 4.69) is 21.0 Å². The van der Waals surface area contributed by atoms with Crippen molar-refractivity contribution in [3.8, 4) is 0 Å². The van der Waals surface area contributed by atoms with Crippen molar-refractivity contribution in [3.63, 3.8) is 0 Å². The van der Waals surface area contributed by atoms with Gasteiger partial charge in [0, 0.05) is 13.1 Å². The molecular formula is C9H20NOP. The highest BCUT2D eigenvalue weighted by molar-refractivity contribution is 7.13. The number of unbranched alkanes of at least 4 members (excludes halogenated alkanes) is 1. The Morgan fingerprint density at radius 1 is 1.42 bits per heavy atom. The summed E-state index contributed by atoms with van der Waals surface area (Å²) in [5, 5.41) is 10.1. The first-order valence-electron chi connectivity index (χ1n) is 4.88. The molecule has 1 rings (SSSR count). The molecule has 0 radical (unpaired) electrons. The third-order valence-corrected chi connectivity index (χ3v) is 3.24. The Morgan fingerprint density at radius 3 is 2.50 bits per heavy atom. The predicted octanol–water partition coefficient (Wildman–Crippen LogP) is 1.79. The average molecular weight is 189 g/mol. The lowest BCUT2D eigenvalue weighted by molar-refractivity contribution is -0.0125. The van der Waals surface area contributed by atoms with E-state index in [9.17, 15) is 5.11 Å². The highest BCUT2D eigenvalue weighted by atomic mass is 31.0. The van der Waals surface area contributed by atoms with Crippen molar-refractivity contribution in [3.05, 3.63) is 0 Å². The maximum absolute atomic E-state index is 10.1. The van der Waals surface area contributed by atoms with Crippen LogP contribution in [-0.2, 0) is 0 Å². The second-order valence-corrected chi connectivity index (χ2v) is 4.59. The molecular weight excluding hydrogens is 169 g/mol. The molecule has 0 amide bonds. The van der Waals surface area contributed by atoms with Crippen LogP contribution in [0.4, 0.5) is 0 Å². The van der Waals surface area contributed by atoms with E-state index in [0.717, 1.165) is 38.8 Å². The third kappa shape index (κ3) is 3.01. The lowest BCUT2D eigenvalue weighted by atomic mass is 9.87. The molecule has 0 aliphatic carbocycles. The van der Waals surface area contributed by atoms with E-state index >= 15 is 0 Å². The van der Waals surface area contributed by atoms with Crippen molar-refractivity contribution in [1.82, 2.24) is 4.67 Å². The fourth-order valence-corrected chi connectivity index (χ4v) is 1.95. The van der Waals surface area contributed by atoms with Gasteiger partial charge in [-0.25, -0.2) is 0 Å². The summed E-state index contributed by atoms with van der Waals surface area (Å²) in [5.74, 6) is 0. The molecule has 1 aliphatic heterocycles. The summed E-state index contributed by atoms with van der Waals surface area (Å²) in [5.41, 5.74) is -0.344. The van der Waals surface area contributed by atoms with Gasteiger partial charge in [0.25, 0.3) is 0 Å². The summed E-state index contributed by atoms with van der Waals surface area (Å²) in [6.45, 7) is 4.21. The summed E-state index contributed by atoms with van der Waals surface area (Å²) >= 11 is 0. The molecule has 1 heterocycles. The third-order valence-electron chi connectivity index (χ3n) is 2.72. The molecule has 1 fully saturated rings. The van der Waals surface area contributed by atoms with Gasteiger partial charge in [-0.05, 0) is 19.3 Å². The van der Waals surface area contributed by atoms with Crippen molar-refractivity contribution in [2.24, 2.45) is 0 Å². The highest BCUT2D eigenvalue weighted by Crippen LogP contribution is 2.28. The minimum Gasteiger partial charge on any atom is -0.390 e. The quantitative estimate of drug-likeness (QED) is 0.684. The van der Waals surface area contributed by atoms with Crippen LogP contribution in [0.15, 0.2) is 0 Å². The topological polar surface area (TPSA) is 23.5 Å². The van der Waals surface area contributed by atoms with Gasteiger partial charge in [0.1, 0.15) is 0 Å². The van der Waals surface area contributed by atoms with E-state index in [1.54, 1.807) is 0 Å². The fourth-order valence-electron chi connectivity index (χ4n) is 1.70. The molecule has 3 heteroatoms. The molecule has 12 heavy (non-hydrogen) atoms. The summed E-state index contributed by atoms with van der Waals surface area (Å²) < 4.78 is 2.21. The van der Waals surface area contributed by atoms with E-state index in [1.807, 2.05) is 0 Å². The fraction of sp³-hybridized carbons (Fsp3) is 1.00. The maximum Gasteiger partial charge on any atom is 0.0672 e. The zero-order valence-corrected chi connectivity index (χ0v) is 9.08. The molecule has 72 valence electrons. The van der Waals surface area contributed by atoms with E-state index in [-0.39, 0.29) is 5.60 Å². The molecule has 0 saturated carbocycles. The maximum atomic E-state index is 10.1. The molecule has 0 bridgehead atoms. The number of hydrogen-bond acceptors (Lipinski definition) is 2. The second-order valence-electron chi connectivity index (χ2n) is 3.86. The molecule has 0 spiro atoms. The van der Waals surface area contributed by atoms with Crippen LogP contribution >= 0.6 is 9.39 Å². The smallest absolute Gasteiger partial charge is 0.0672 e. The van der Waals surface area contributed by atoms with Crippen molar-refractivity contribution in [2.75, 3.05) is 13.1 Å². The highest BCUT2D eigenvalue weighted by Gasteiger charge is 2.29. The van der Waals surface area contributed by atoms with Crippen LogP contribution in [0.2, 0.25) is 0 Å². The lowest BCUT2D eigenvalue weighted by Crippen LogP contribution is -2.40. The Balaban J connectivity index is 2.29. The number of hydrogen-bond donors (Lipinski definition) is 1. The van der Waals surface area contributed by atoms with Crippen LogP contribution in [0.1, 0.15) is 39.0 Å². The first kappa shape index (κ1) is 10.4. The monoisotopic (exact) mass is 189 g/mol. The van der Waals surface area contributed by atoms with Crippen LogP contribution in [0.3, 0.4) is 0 Å². The van der Waals surface area contributed by atoms with E-state index < -0.39 is 0 Å². The SMILES string of the molecule is CCCCC1(O)CCN(P)CC1. The minimum absolute atomic E-state index is 0.344. The van der Waals surface area contributed by atoms with Gasteiger partial charge in [0.05, 0.1) is 5.60 Å². The van der Waals surface area contributed by atoms with Gasteiger partial charge in [-0.1, -0.05) is 29.2 Å². The summed E-state index contributed by atoms with van der Waals surface area (Å²) in [6.07, 6.45) is 5.22. The van der Waals surface area contributed by atoms with Gasteiger partial charge in [-0.3, -0.25) is 4.67 Å². The van der Waals surface area contributed by atoms with Gasteiger partial charge in [0.2, 0.25) is 0 Å². The molecule has 0 aromatic carbocycles. The molecule has 1 N–H and O–H groups in total. The molecule has 0 aromatic rings. The van der Waals surface area contributed by atoms with Crippen molar-refractivity contribution < 1.29 is 5.11 Å². The van der Waals surface area contributed by atoms with Gasteiger partial charge < -0.3 is 5.11 Å².